The SMILES string of the molecule is CC(C)(C)OC(=O)CN(CC(=O)OC(C)(C)C)C(CCCCNC(=O)CCC(NC(=O)CCCCCCNC(=O)CCc1ccc(O)c(/N=N/c2ccc(C=O)cc2)c1)C(=O)NCCCCC(C(=O)OC(C)(C)C)N(CC(=O)OC(C)(C)C)CC(=O)OC(C)(C)C)C(=O)OC(C)(C)C. The maximum absolute atomic E-state index is 14.0. The highest BCUT2D eigenvalue weighted by Crippen LogP contribution is 2.30. The Morgan fingerprint density at radius 2 is 0.847 bits per heavy atom. The molecule has 5 N–H and O–H groups in total. The van der Waals surface area contributed by atoms with E-state index in [9.17, 15) is 57.8 Å². The summed E-state index contributed by atoms with van der Waals surface area (Å²) in [4.78, 5) is 148. The third-order valence-corrected chi connectivity index (χ3v) is 13.6. The van der Waals surface area contributed by atoms with Crippen LogP contribution < -0.4 is 21.3 Å². The van der Waals surface area contributed by atoms with Crippen molar-refractivity contribution in [2.45, 2.75) is 273 Å². The number of ether oxygens (including phenoxy) is 6. The summed E-state index contributed by atoms with van der Waals surface area (Å²) in [6.45, 7) is 29.5. The molecule has 0 aliphatic heterocycles. The second-order valence-corrected chi connectivity index (χ2v) is 30.3. The van der Waals surface area contributed by atoms with Crippen LogP contribution in [0.4, 0.5) is 11.4 Å². The summed E-state index contributed by atoms with van der Waals surface area (Å²) in [5.41, 5.74) is -3.28. The topological polar surface area (TPSA) is 343 Å². The van der Waals surface area contributed by atoms with Crippen molar-refractivity contribution in [3.63, 3.8) is 0 Å². The molecule has 0 saturated carbocycles. The Morgan fingerprint density at radius 1 is 0.449 bits per heavy atom. The lowest BCUT2D eigenvalue weighted by atomic mass is 10.1. The molecule has 0 aromatic heterocycles. The Morgan fingerprint density at radius 3 is 1.27 bits per heavy atom. The van der Waals surface area contributed by atoms with E-state index in [1.54, 1.807) is 161 Å². The minimum atomic E-state index is -1.14. The van der Waals surface area contributed by atoms with Gasteiger partial charge < -0.3 is 54.8 Å². The summed E-state index contributed by atoms with van der Waals surface area (Å²) in [5.74, 6) is -5.68. The van der Waals surface area contributed by atoms with Crippen molar-refractivity contribution >= 4 is 77.1 Å². The molecule has 2 aromatic rings. The van der Waals surface area contributed by atoms with E-state index >= 15 is 0 Å². The van der Waals surface area contributed by atoms with E-state index in [2.05, 4.69) is 31.5 Å². The summed E-state index contributed by atoms with van der Waals surface area (Å²) >= 11 is 0. The fraction of sp³-hybridized carbons (Fsp3) is 0.681. The molecule has 0 radical (unpaired) electrons. The van der Waals surface area contributed by atoms with Crippen LogP contribution in [0.3, 0.4) is 0 Å². The van der Waals surface area contributed by atoms with Gasteiger partial charge >= 0.3 is 35.8 Å². The number of rotatable bonds is 40. The van der Waals surface area contributed by atoms with E-state index in [-0.39, 0.29) is 69.0 Å². The van der Waals surface area contributed by atoms with E-state index in [1.807, 2.05) is 0 Å². The Bertz CT molecular complexity index is 2900. The number of aryl methyl sites for hydroxylation is 1. The molecule has 98 heavy (non-hydrogen) atoms. The van der Waals surface area contributed by atoms with Gasteiger partial charge in [-0.2, -0.15) is 5.11 Å². The monoisotopic (exact) mass is 1380 g/mol. The van der Waals surface area contributed by atoms with E-state index < -0.39 is 131 Å². The average Bonchev–Trinajstić information content (AvgIpc) is 0.853. The van der Waals surface area contributed by atoms with Gasteiger partial charge in [0.25, 0.3) is 0 Å². The molecule has 0 aliphatic rings. The molecule has 26 nitrogen and oxygen atoms in total. The highest BCUT2D eigenvalue weighted by molar-refractivity contribution is 5.88. The number of phenols is 1. The molecule has 4 amide bonds. The quantitative estimate of drug-likeness (QED) is 0.0136. The molecule has 26 heteroatoms. The van der Waals surface area contributed by atoms with Crippen LogP contribution in [-0.2, 0) is 82.8 Å². The summed E-state index contributed by atoms with van der Waals surface area (Å²) in [6, 6.07) is 7.98. The second kappa shape index (κ2) is 40.9. The molecule has 0 bridgehead atoms. The first-order valence-corrected chi connectivity index (χ1v) is 34.0. The zero-order valence-corrected chi connectivity index (χ0v) is 61.6. The fourth-order valence-corrected chi connectivity index (χ4v) is 9.61. The molecule has 3 atom stereocenters. The largest absolute Gasteiger partial charge is 0.506 e. The lowest BCUT2D eigenvalue weighted by molar-refractivity contribution is -0.171. The smallest absolute Gasteiger partial charge is 0.323 e. The molecule has 0 spiro atoms. The number of esters is 6. The minimum absolute atomic E-state index is 0.0649. The molecule has 2 rings (SSSR count). The number of hydrogen-bond acceptors (Lipinski definition) is 22. The van der Waals surface area contributed by atoms with Crippen molar-refractivity contribution in [2.24, 2.45) is 10.2 Å². The number of nitrogens with one attached hydrogen (secondary N) is 4. The molecule has 0 fully saturated rings. The van der Waals surface area contributed by atoms with E-state index in [0.717, 1.165) is 11.8 Å². The molecular formula is C72H114N8O18. The lowest BCUT2D eigenvalue weighted by Gasteiger charge is -2.33. The van der Waals surface area contributed by atoms with Crippen LogP contribution in [0.15, 0.2) is 52.7 Å². The molecule has 0 heterocycles. The molecule has 0 aliphatic carbocycles. The van der Waals surface area contributed by atoms with Crippen LogP contribution in [-0.4, -0.2) is 178 Å². The van der Waals surface area contributed by atoms with Crippen LogP contribution in [0, 0.1) is 0 Å². The minimum Gasteiger partial charge on any atom is -0.506 e. The summed E-state index contributed by atoms with van der Waals surface area (Å²) in [5, 5.41) is 30.0. The van der Waals surface area contributed by atoms with Gasteiger partial charge in [-0.15, -0.1) is 5.11 Å². The third-order valence-electron chi connectivity index (χ3n) is 13.6. The van der Waals surface area contributed by atoms with Crippen LogP contribution >= 0.6 is 0 Å². The van der Waals surface area contributed by atoms with E-state index in [4.69, 9.17) is 28.4 Å². The fourth-order valence-electron chi connectivity index (χ4n) is 9.61. The van der Waals surface area contributed by atoms with Crippen molar-refractivity contribution in [1.82, 2.24) is 31.1 Å². The molecule has 3 unspecified atom stereocenters. The summed E-state index contributed by atoms with van der Waals surface area (Å²) in [7, 11) is 0. The lowest BCUT2D eigenvalue weighted by Crippen LogP contribution is -2.50. The van der Waals surface area contributed by atoms with Crippen LogP contribution in [0.5, 0.6) is 5.75 Å². The zero-order valence-electron chi connectivity index (χ0n) is 61.6. The van der Waals surface area contributed by atoms with Crippen molar-refractivity contribution in [1.29, 1.82) is 0 Å². The number of aromatic hydroxyl groups is 1. The van der Waals surface area contributed by atoms with Gasteiger partial charge in [0.1, 0.15) is 69.5 Å². The number of azo groups is 1. The Hall–Kier alpha value is -7.87. The van der Waals surface area contributed by atoms with Crippen molar-refractivity contribution < 1.29 is 86.3 Å². The highest BCUT2D eigenvalue weighted by atomic mass is 16.6. The van der Waals surface area contributed by atoms with Crippen LogP contribution in [0.1, 0.15) is 230 Å². The van der Waals surface area contributed by atoms with Crippen molar-refractivity contribution in [3.8, 4) is 5.75 Å². The number of unbranched alkanes of at least 4 members (excludes halogenated alkanes) is 5. The molecule has 550 valence electrons. The van der Waals surface area contributed by atoms with Gasteiger partial charge in [-0.3, -0.25) is 62.5 Å². The zero-order chi connectivity index (χ0) is 74.2. The highest BCUT2D eigenvalue weighted by Gasteiger charge is 2.37. The molecule has 0 saturated heterocycles. The third kappa shape index (κ3) is 40.8. The Kier molecular flexibility index (Phi) is 36.0. The van der Waals surface area contributed by atoms with Gasteiger partial charge in [0.05, 0.1) is 31.9 Å². The average molecular weight is 1380 g/mol. The summed E-state index contributed by atoms with van der Waals surface area (Å²) in [6.07, 6.45) is 5.06. The first-order valence-electron chi connectivity index (χ1n) is 34.0. The van der Waals surface area contributed by atoms with Gasteiger partial charge in [-0.1, -0.05) is 18.9 Å². The van der Waals surface area contributed by atoms with Gasteiger partial charge in [0.2, 0.25) is 23.6 Å². The molecule has 2 aromatic carbocycles. The first-order chi connectivity index (χ1) is 45.3. The maximum atomic E-state index is 14.0. The first kappa shape index (κ1) is 86.2. The van der Waals surface area contributed by atoms with Crippen LogP contribution in [0.2, 0.25) is 0 Å². The number of carbonyl (C=O) groups excluding carboxylic acids is 11. The van der Waals surface area contributed by atoms with Crippen molar-refractivity contribution in [3.05, 3.63) is 53.6 Å². The van der Waals surface area contributed by atoms with Gasteiger partial charge in [0.15, 0.2) is 0 Å². The van der Waals surface area contributed by atoms with Gasteiger partial charge in [0, 0.05) is 44.5 Å². The predicted octanol–water partition coefficient (Wildman–Crippen LogP) is 9.85. The van der Waals surface area contributed by atoms with Gasteiger partial charge in [-0.05, 0) is 231 Å². The van der Waals surface area contributed by atoms with Crippen molar-refractivity contribution in [2.75, 3.05) is 45.8 Å². The number of carbonyl (C=O) groups is 11. The predicted molar refractivity (Wildman–Crippen MR) is 369 cm³/mol. The Labute approximate surface area is 580 Å². The summed E-state index contributed by atoms with van der Waals surface area (Å²) < 4.78 is 33.8. The maximum Gasteiger partial charge on any atom is 0.323 e. The number of amides is 4. The Balaban J connectivity index is 2.21. The second-order valence-electron chi connectivity index (χ2n) is 30.3. The molecular weight excluding hydrogens is 1260 g/mol. The normalized spacial score (nSPS) is 13.2. The van der Waals surface area contributed by atoms with Crippen LogP contribution in [0.25, 0.3) is 0 Å². The number of benzene rings is 2. The number of nitrogens with zero attached hydrogens (tertiary/aromatic N) is 4. The number of phenolic OH excluding ortho intramolecular Hbond substituents is 1. The number of hydrogen-bond donors (Lipinski definition) is 5. The standard InChI is InChI=1S/C72H114N8O18/c1-67(2,3)93-60(86)44-79(45-61(87)94-68(4,5)6)54(65(91)97-71(13,14)15)27-22-25-41-74-58(84)39-36-52(64(90)75-42-26-23-28-55(66(92)98-72(16,17)18)80(46-62(88)95-69(7,8)9)47-63(89)96-70(10,11)12)76-59(85)29-21-19-20-24-40-73-57(83)38-33-49-32-37-56(82)53(43-49)78-77-51-34-30-50(48-81)31-35-51/h30-32,34-35,37,43,48,52,54-55,82H,19-29,33,36,38-42,44-47H2,1-18H3,(H,73,83)(H,74,84)(H,75,90)(H,76,85)/b78-77+. The van der Waals surface area contributed by atoms with E-state index in [1.165, 1.54) is 15.9 Å². The number of aldehydes is 1. The van der Waals surface area contributed by atoms with Gasteiger partial charge in [-0.25, -0.2) is 0 Å². The van der Waals surface area contributed by atoms with E-state index in [0.29, 0.717) is 75.6 Å².